The Morgan fingerprint density at radius 2 is 0.860 bits per heavy atom. The molecule has 338 valence electrons. The highest BCUT2D eigenvalue weighted by Gasteiger charge is 2.24. The van der Waals surface area contributed by atoms with Gasteiger partial charge in [0.2, 0.25) is 5.91 Å². The fourth-order valence-corrected chi connectivity index (χ4v) is 7.94. The van der Waals surface area contributed by atoms with Crippen LogP contribution >= 0.6 is 0 Å². The molecule has 0 bridgehead atoms. The van der Waals surface area contributed by atoms with Gasteiger partial charge in [-0.05, 0) is 44.9 Å². The highest BCUT2D eigenvalue weighted by molar-refractivity contribution is 5.77. The number of amides is 1. The second-order valence-corrected chi connectivity index (χ2v) is 17.6. The van der Waals surface area contributed by atoms with Gasteiger partial charge in [0.15, 0.2) is 0 Å². The van der Waals surface area contributed by atoms with Gasteiger partial charge in [0.1, 0.15) is 6.10 Å². The third kappa shape index (κ3) is 41.1. The van der Waals surface area contributed by atoms with Crippen molar-refractivity contribution in [1.82, 2.24) is 5.32 Å². The molecular formula is C51H99NO5. The number of carbonyl (C=O) groups excluding carboxylic acids is 2. The predicted molar refractivity (Wildman–Crippen MR) is 246 cm³/mol. The van der Waals surface area contributed by atoms with E-state index in [1.807, 2.05) is 0 Å². The number of hydrogen-bond donors (Lipinski definition) is 3. The maximum atomic E-state index is 13.1. The van der Waals surface area contributed by atoms with Crippen molar-refractivity contribution in [2.45, 2.75) is 296 Å². The molecule has 0 saturated heterocycles. The number of carbonyl (C=O) groups is 2. The molecule has 57 heavy (non-hydrogen) atoms. The molecule has 3 N–H and O–H groups in total. The van der Waals surface area contributed by atoms with E-state index < -0.39 is 18.2 Å². The third-order valence-electron chi connectivity index (χ3n) is 11.8. The van der Waals surface area contributed by atoms with E-state index in [9.17, 15) is 19.8 Å². The van der Waals surface area contributed by atoms with Crippen molar-refractivity contribution in [3.63, 3.8) is 0 Å². The lowest BCUT2D eigenvalue weighted by atomic mass is 10.0. The summed E-state index contributed by atoms with van der Waals surface area (Å²) < 4.78 is 5.91. The van der Waals surface area contributed by atoms with E-state index in [4.69, 9.17) is 4.74 Å². The van der Waals surface area contributed by atoms with E-state index in [0.29, 0.717) is 19.3 Å². The molecule has 3 unspecified atom stereocenters. The summed E-state index contributed by atoms with van der Waals surface area (Å²) in [6.07, 6.45) is 50.0. The molecule has 0 spiro atoms. The lowest BCUT2D eigenvalue weighted by Crippen LogP contribution is -2.46. The Morgan fingerprint density at radius 1 is 0.491 bits per heavy atom. The first-order valence-electron chi connectivity index (χ1n) is 25.4. The summed E-state index contributed by atoms with van der Waals surface area (Å²) in [5.41, 5.74) is 0. The van der Waals surface area contributed by atoms with Crippen LogP contribution in [0.1, 0.15) is 278 Å². The van der Waals surface area contributed by atoms with Crippen molar-refractivity contribution in [1.29, 1.82) is 0 Å². The Balaban J connectivity index is 4.37. The second-order valence-electron chi connectivity index (χ2n) is 17.6. The molecule has 0 aromatic rings. The fraction of sp³-hybridized carbons (Fsp3) is 0.922. The van der Waals surface area contributed by atoms with Crippen LogP contribution in [-0.4, -0.2) is 46.9 Å². The predicted octanol–water partition coefficient (Wildman–Crippen LogP) is 15.0. The molecule has 6 heteroatoms. The van der Waals surface area contributed by atoms with Crippen molar-refractivity contribution in [2.75, 3.05) is 6.61 Å². The molecule has 6 nitrogen and oxygen atoms in total. The van der Waals surface area contributed by atoms with Crippen LogP contribution in [0.25, 0.3) is 0 Å². The van der Waals surface area contributed by atoms with Crippen LogP contribution in [0.2, 0.25) is 0 Å². The van der Waals surface area contributed by atoms with Gasteiger partial charge in [0.05, 0.1) is 25.2 Å². The van der Waals surface area contributed by atoms with Crippen molar-refractivity contribution in [3.05, 3.63) is 12.2 Å². The number of unbranched alkanes of at least 4 members (excludes halogenated alkanes) is 32. The SMILES string of the molecule is CCCC/C=C\CCCCCC(CC(=O)NC(CO)C(O)CCCCCCCCCCCC)OC(=O)CCCCCCCCCCCCCCCCCCCCC. The van der Waals surface area contributed by atoms with Crippen LogP contribution in [0.3, 0.4) is 0 Å². The number of esters is 1. The van der Waals surface area contributed by atoms with Crippen molar-refractivity contribution >= 4 is 11.9 Å². The Kier molecular flexibility index (Phi) is 44.6. The quantitative estimate of drug-likeness (QED) is 0.0323. The maximum absolute atomic E-state index is 13.1. The Labute approximate surface area is 355 Å². The monoisotopic (exact) mass is 806 g/mol. The van der Waals surface area contributed by atoms with Gasteiger partial charge >= 0.3 is 5.97 Å². The summed E-state index contributed by atoms with van der Waals surface area (Å²) >= 11 is 0. The van der Waals surface area contributed by atoms with Crippen LogP contribution in [0.4, 0.5) is 0 Å². The van der Waals surface area contributed by atoms with E-state index in [1.165, 1.54) is 167 Å². The lowest BCUT2D eigenvalue weighted by molar-refractivity contribution is -0.151. The van der Waals surface area contributed by atoms with Crippen molar-refractivity contribution in [2.24, 2.45) is 0 Å². The second kappa shape index (κ2) is 45.7. The molecule has 0 heterocycles. The van der Waals surface area contributed by atoms with Gasteiger partial charge < -0.3 is 20.3 Å². The van der Waals surface area contributed by atoms with Crippen molar-refractivity contribution < 1.29 is 24.5 Å². The van der Waals surface area contributed by atoms with Crippen LogP contribution in [0.5, 0.6) is 0 Å². The molecule has 0 aliphatic rings. The van der Waals surface area contributed by atoms with E-state index in [-0.39, 0.29) is 24.9 Å². The van der Waals surface area contributed by atoms with Crippen LogP contribution in [0.15, 0.2) is 12.2 Å². The van der Waals surface area contributed by atoms with Crippen LogP contribution in [0, 0.1) is 0 Å². The zero-order valence-electron chi connectivity index (χ0n) is 38.5. The largest absolute Gasteiger partial charge is 0.462 e. The van der Waals surface area contributed by atoms with E-state index in [2.05, 4.69) is 38.2 Å². The van der Waals surface area contributed by atoms with Crippen molar-refractivity contribution in [3.8, 4) is 0 Å². The average molecular weight is 806 g/mol. The minimum absolute atomic E-state index is 0.0727. The first-order chi connectivity index (χ1) is 28.0. The van der Waals surface area contributed by atoms with Gasteiger partial charge in [-0.2, -0.15) is 0 Å². The van der Waals surface area contributed by atoms with Gasteiger partial charge in [0.25, 0.3) is 0 Å². The molecule has 0 aliphatic carbocycles. The molecule has 0 aliphatic heterocycles. The summed E-state index contributed by atoms with van der Waals surface area (Å²) in [5, 5.41) is 23.6. The number of ether oxygens (including phenoxy) is 1. The topological polar surface area (TPSA) is 95.9 Å². The smallest absolute Gasteiger partial charge is 0.306 e. The number of nitrogens with one attached hydrogen (secondary N) is 1. The minimum Gasteiger partial charge on any atom is -0.462 e. The van der Waals surface area contributed by atoms with E-state index >= 15 is 0 Å². The molecular weight excluding hydrogens is 707 g/mol. The summed E-state index contributed by atoms with van der Waals surface area (Å²) in [7, 11) is 0. The summed E-state index contributed by atoms with van der Waals surface area (Å²) in [5.74, 6) is -0.477. The minimum atomic E-state index is -0.784. The number of aliphatic hydroxyl groups is 2. The lowest BCUT2D eigenvalue weighted by Gasteiger charge is -2.24. The van der Waals surface area contributed by atoms with Gasteiger partial charge in [-0.25, -0.2) is 0 Å². The molecule has 3 atom stereocenters. The first kappa shape index (κ1) is 55.6. The number of aliphatic hydroxyl groups excluding tert-OH is 2. The number of hydrogen-bond acceptors (Lipinski definition) is 5. The zero-order chi connectivity index (χ0) is 41.7. The Hall–Kier alpha value is -1.40. The van der Waals surface area contributed by atoms with Gasteiger partial charge in [-0.3, -0.25) is 9.59 Å². The zero-order valence-corrected chi connectivity index (χ0v) is 38.5. The standard InChI is InChI=1S/C51H99NO5/c1-4-7-10-13-16-19-21-22-23-24-25-26-27-28-29-32-35-38-41-44-51(56)57-47(42-39-36-33-30-18-15-12-9-6-3)45-50(55)52-48(46-53)49(54)43-40-37-34-31-20-17-14-11-8-5-2/h15,18,47-49,53-54H,4-14,16-17,19-46H2,1-3H3,(H,52,55)/b18-15-. The van der Waals surface area contributed by atoms with Gasteiger partial charge in [-0.15, -0.1) is 0 Å². The number of allylic oxidation sites excluding steroid dienone is 2. The van der Waals surface area contributed by atoms with E-state index in [1.54, 1.807) is 0 Å². The molecule has 1 amide bonds. The third-order valence-corrected chi connectivity index (χ3v) is 11.8. The Bertz CT molecular complexity index is 863. The summed E-state index contributed by atoms with van der Waals surface area (Å²) in [4.78, 5) is 26.0. The molecule has 0 fully saturated rings. The van der Waals surface area contributed by atoms with Gasteiger partial charge in [-0.1, -0.05) is 232 Å². The Morgan fingerprint density at radius 3 is 1.30 bits per heavy atom. The fourth-order valence-electron chi connectivity index (χ4n) is 7.94. The van der Waals surface area contributed by atoms with Crippen LogP contribution in [-0.2, 0) is 14.3 Å². The molecule has 0 saturated carbocycles. The highest BCUT2D eigenvalue weighted by atomic mass is 16.5. The summed E-state index contributed by atoms with van der Waals surface area (Å²) in [6, 6.07) is -0.698. The highest BCUT2D eigenvalue weighted by Crippen LogP contribution is 2.18. The molecule has 0 aromatic carbocycles. The summed E-state index contributed by atoms with van der Waals surface area (Å²) in [6.45, 7) is 6.44. The molecule has 0 rings (SSSR count). The number of rotatable bonds is 46. The first-order valence-corrected chi connectivity index (χ1v) is 25.4. The van der Waals surface area contributed by atoms with Crippen LogP contribution < -0.4 is 5.32 Å². The maximum Gasteiger partial charge on any atom is 0.306 e. The molecule has 0 radical (unpaired) electrons. The molecule has 0 aromatic heterocycles. The van der Waals surface area contributed by atoms with Gasteiger partial charge in [0, 0.05) is 6.42 Å². The average Bonchev–Trinajstić information content (AvgIpc) is 3.20. The normalized spacial score (nSPS) is 13.3. The van der Waals surface area contributed by atoms with E-state index in [0.717, 1.165) is 64.2 Å².